The summed E-state index contributed by atoms with van der Waals surface area (Å²) in [7, 11) is 2.18. The molecule has 3 nitrogen and oxygen atoms in total. The topological polar surface area (TPSA) is 29.0 Å². The molecule has 4 heteroatoms. The monoisotopic (exact) mass is 267 g/mol. The fourth-order valence-electron chi connectivity index (χ4n) is 2.71. The van der Waals surface area contributed by atoms with Crippen LogP contribution in [0.25, 0.3) is 0 Å². The molecule has 0 bridgehead atoms. The first-order valence-corrected chi connectivity index (χ1v) is 7.23. The third-order valence-corrected chi connectivity index (χ3v) is 3.90. The first-order valence-electron chi connectivity index (χ1n) is 6.85. The molecule has 100 valence electrons. The van der Waals surface area contributed by atoms with Crippen LogP contribution in [0.5, 0.6) is 0 Å². The van der Waals surface area contributed by atoms with E-state index in [1.807, 2.05) is 6.92 Å². The maximum absolute atomic E-state index is 5.98. The molecule has 1 aromatic rings. The van der Waals surface area contributed by atoms with E-state index in [-0.39, 0.29) is 0 Å². The van der Waals surface area contributed by atoms with Crippen LogP contribution in [0.1, 0.15) is 50.0 Å². The summed E-state index contributed by atoms with van der Waals surface area (Å²) in [5, 5.41) is 0.548. The Bertz CT molecular complexity index is 366. The molecule has 0 aliphatic heterocycles. The summed E-state index contributed by atoms with van der Waals surface area (Å²) in [6.45, 7) is 2.76. The van der Waals surface area contributed by atoms with Gasteiger partial charge in [-0.25, -0.2) is 9.97 Å². The summed E-state index contributed by atoms with van der Waals surface area (Å²) < 4.78 is 0. The number of halogens is 1. The summed E-state index contributed by atoms with van der Waals surface area (Å²) in [6.07, 6.45) is 8.08. The van der Waals surface area contributed by atoms with Crippen LogP contribution < -0.4 is 0 Å². The van der Waals surface area contributed by atoms with Crippen LogP contribution in [0.15, 0.2) is 6.07 Å². The number of nitrogens with zero attached hydrogens (tertiary/aromatic N) is 3. The Morgan fingerprint density at radius 3 is 2.50 bits per heavy atom. The largest absolute Gasteiger partial charge is 0.296 e. The molecular formula is C14H22ClN3. The highest BCUT2D eigenvalue weighted by Crippen LogP contribution is 2.22. The SMILES string of the molecule is Cc1cc(Cl)nc(CN(C)C2CCCCCC2)n1. The van der Waals surface area contributed by atoms with E-state index in [1.165, 1.54) is 38.5 Å². The Hall–Kier alpha value is -0.670. The van der Waals surface area contributed by atoms with Gasteiger partial charge in [0, 0.05) is 11.7 Å². The van der Waals surface area contributed by atoms with Crippen LogP contribution in [0.3, 0.4) is 0 Å². The maximum atomic E-state index is 5.98. The Morgan fingerprint density at radius 2 is 1.89 bits per heavy atom. The summed E-state index contributed by atoms with van der Waals surface area (Å²) in [5.41, 5.74) is 0.944. The molecular weight excluding hydrogens is 246 g/mol. The van der Waals surface area contributed by atoms with Gasteiger partial charge in [-0.3, -0.25) is 4.90 Å². The van der Waals surface area contributed by atoms with Crippen molar-refractivity contribution < 1.29 is 0 Å². The number of hydrogen-bond acceptors (Lipinski definition) is 3. The zero-order valence-electron chi connectivity index (χ0n) is 11.3. The molecule has 18 heavy (non-hydrogen) atoms. The number of hydrogen-bond donors (Lipinski definition) is 0. The third kappa shape index (κ3) is 3.92. The number of aromatic nitrogens is 2. The minimum Gasteiger partial charge on any atom is -0.296 e. The van der Waals surface area contributed by atoms with Gasteiger partial charge in [0.2, 0.25) is 0 Å². The summed E-state index contributed by atoms with van der Waals surface area (Å²) >= 11 is 5.98. The second-order valence-corrected chi connectivity index (χ2v) is 5.70. The molecule has 0 unspecified atom stereocenters. The fourth-order valence-corrected chi connectivity index (χ4v) is 2.97. The van der Waals surface area contributed by atoms with Gasteiger partial charge in [-0.05, 0) is 32.9 Å². The van der Waals surface area contributed by atoms with E-state index < -0.39 is 0 Å². The van der Waals surface area contributed by atoms with Crippen molar-refractivity contribution in [3.8, 4) is 0 Å². The van der Waals surface area contributed by atoms with Gasteiger partial charge in [0.1, 0.15) is 11.0 Å². The zero-order valence-corrected chi connectivity index (χ0v) is 12.1. The van der Waals surface area contributed by atoms with Crippen LogP contribution >= 0.6 is 11.6 Å². The predicted octanol–water partition coefficient (Wildman–Crippen LogP) is 3.59. The summed E-state index contributed by atoms with van der Waals surface area (Å²) in [6, 6.07) is 2.48. The Morgan fingerprint density at radius 1 is 1.22 bits per heavy atom. The Kier molecular flexibility index (Phi) is 4.95. The predicted molar refractivity (Wildman–Crippen MR) is 74.7 cm³/mol. The van der Waals surface area contributed by atoms with Gasteiger partial charge >= 0.3 is 0 Å². The average Bonchev–Trinajstić information content (AvgIpc) is 2.55. The smallest absolute Gasteiger partial charge is 0.144 e. The van der Waals surface area contributed by atoms with Crippen LogP contribution in [0, 0.1) is 6.92 Å². The molecule has 0 atom stereocenters. The van der Waals surface area contributed by atoms with Crippen LogP contribution in [0.2, 0.25) is 5.15 Å². The lowest BCUT2D eigenvalue weighted by Gasteiger charge is -2.26. The van der Waals surface area contributed by atoms with Crippen molar-refractivity contribution in [1.29, 1.82) is 0 Å². The van der Waals surface area contributed by atoms with Gasteiger partial charge < -0.3 is 0 Å². The van der Waals surface area contributed by atoms with Crippen LogP contribution in [0.4, 0.5) is 0 Å². The van der Waals surface area contributed by atoms with Gasteiger partial charge in [-0.15, -0.1) is 0 Å². The minimum atomic E-state index is 0.548. The van der Waals surface area contributed by atoms with Gasteiger partial charge in [0.25, 0.3) is 0 Å². The van der Waals surface area contributed by atoms with E-state index in [0.717, 1.165) is 18.1 Å². The molecule has 0 spiro atoms. The van der Waals surface area contributed by atoms with Crippen molar-refractivity contribution in [2.24, 2.45) is 0 Å². The normalized spacial score (nSPS) is 18.0. The lowest BCUT2D eigenvalue weighted by molar-refractivity contribution is 0.208. The molecule has 1 fully saturated rings. The lowest BCUT2D eigenvalue weighted by atomic mass is 10.1. The Balaban J connectivity index is 1.98. The van der Waals surface area contributed by atoms with Gasteiger partial charge in [0.05, 0.1) is 6.54 Å². The molecule has 2 rings (SSSR count). The van der Waals surface area contributed by atoms with Crippen molar-refractivity contribution in [1.82, 2.24) is 14.9 Å². The zero-order chi connectivity index (χ0) is 13.0. The van der Waals surface area contributed by atoms with Crippen molar-refractivity contribution in [2.45, 2.75) is 58.0 Å². The Labute approximate surface area is 115 Å². The van der Waals surface area contributed by atoms with Crippen molar-refractivity contribution >= 4 is 11.6 Å². The second kappa shape index (κ2) is 6.48. The quantitative estimate of drug-likeness (QED) is 0.619. The van der Waals surface area contributed by atoms with E-state index in [0.29, 0.717) is 11.2 Å². The van der Waals surface area contributed by atoms with Crippen molar-refractivity contribution in [2.75, 3.05) is 7.05 Å². The van der Waals surface area contributed by atoms with Crippen molar-refractivity contribution in [3.05, 3.63) is 22.7 Å². The molecule has 0 N–H and O–H groups in total. The van der Waals surface area contributed by atoms with Crippen LogP contribution in [-0.2, 0) is 6.54 Å². The van der Waals surface area contributed by atoms with Gasteiger partial charge in [-0.1, -0.05) is 37.3 Å². The van der Waals surface area contributed by atoms with Crippen LogP contribution in [-0.4, -0.2) is 28.0 Å². The number of rotatable bonds is 3. The molecule has 1 aliphatic carbocycles. The van der Waals surface area contributed by atoms with E-state index >= 15 is 0 Å². The van der Waals surface area contributed by atoms with E-state index in [1.54, 1.807) is 6.07 Å². The standard InChI is InChI=1S/C14H22ClN3/c1-11-9-13(15)17-14(16-11)10-18(2)12-7-5-3-4-6-8-12/h9,12H,3-8,10H2,1-2H3. The van der Waals surface area contributed by atoms with Gasteiger partial charge in [-0.2, -0.15) is 0 Å². The second-order valence-electron chi connectivity index (χ2n) is 5.31. The van der Waals surface area contributed by atoms with Crippen molar-refractivity contribution in [3.63, 3.8) is 0 Å². The lowest BCUT2D eigenvalue weighted by Crippen LogP contribution is -2.31. The molecule has 0 radical (unpaired) electrons. The highest BCUT2D eigenvalue weighted by Gasteiger charge is 2.17. The first kappa shape index (κ1) is 13.8. The average molecular weight is 268 g/mol. The summed E-state index contributed by atoms with van der Waals surface area (Å²) in [4.78, 5) is 11.1. The molecule has 1 aromatic heterocycles. The van der Waals surface area contributed by atoms with E-state index in [2.05, 4.69) is 21.9 Å². The number of aryl methyl sites for hydroxylation is 1. The van der Waals surface area contributed by atoms with E-state index in [4.69, 9.17) is 11.6 Å². The molecule has 1 saturated carbocycles. The molecule has 0 aromatic carbocycles. The van der Waals surface area contributed by atoms with Gasteiger partial charge in [0.15, 0.2) is 0 Å². The minimum absolute atomic E-state index is 0.548. The maximum Gasteiger partial charge on any atom is 0.144 e. The molecule has 1 aliphatic rings. The third-order valence-electron chi connectivity index (χ3n) is 3.71. The highest BCUT2D eigenvalue weighted by molar-refractivity contribution is 6.29. The highest BCUT2D eigenvalue weighted by atomic mass is 35.5. The first-order chi connectivity index (χ1) is 8.65. The summed E-state index contributed by atoms with van der Waals surface area (Å²) in [5.74, 6) is 0.840. The molecule has 0 saturated heterocycles. The van der Waals surface area contributed by atoms with E-state index in [9.17, 15) is 0 Å². The molecule has 1 heterocycles. The molecule has 0 amide bonds. The fraction of sp³-hybridized carbons (Fsp3) is 0.714.